The predicted octanol–water partition coefficient (Wildman–Crippen LogP) is 2.46. The Kier molecular flexibility index (Phi) is 6.41. The zero-order valence-corrected chi connectivity index (χ0v) is 19.8. The minimum Gasteiger partial charge on any atom is -0.353 e. The third kappa shape index (κ3) is 5.09. The van der Waals surface area contributed by atoms with Crippen LogP contribution in [0.15, 0.2) is 41.2 Å². The Bertz CT molecular complexity index is 1170. The lowest BCUT2D eigenvalue weighted by Gasteiger charge is -2.35. The zero-order valence-electron chi connectivity index (χ0n) is 18.9. The first-order valence-corrected chi connectivity index (χ1v) is 12.6. The number of carbonyl (C=O) groups excluding carboxylic acids is 1. The van der Waals surface area contributed by atoms with Crippen LogP contribution in [0, 0.1) is 12.8 Å². The van der Waals surface area contributed by atoms with Crippen LogP contribution in [-0.4, -0.2) is 57.6 Å². The lowest BCUT2D eigenvalue weighted by atomic mass is 9.96. The SMILES string of the molecule is Cc1cc(=O)n2nc(N3CCC[C@@H](C(=O)NC4CCN(Cc5ccccc5)CC4)C3)sc2n1. The van der Waals surface area contributed by atoms with Crippen LogP contribution in [0.4, 0.5) is 5.13 Å². The molecule has 0 bridgehead atoms. The number of benzene rings is 1. The highest BCUT2D eigenvalue weighted by Gasteiger charge is 2.30. The van der Waals surface area contributed by atoms with E-state index in [0.29, 0.717) is 17.2 Å². The molecule has 1 atom stereocenters. The van der Waals surface area contributed by atoms with E-state index in [1.54, 1.807) is 0 Å². The molecular weight excluding hydrogens is 436 g/mol. The van der Waals surface area contributed by atoms with E-state index in [1.807, 2.05) is 13.0 Å². The molecule has 0 spiro atoms. The molecule has 0 unspecified atom stereocenters. The Labute approximate surface area is 197 Å². The molecule has 174 valence electrons. The number of anilines is 1. The van der Waals surface area contributed by atoms with Crippen molar-refractivity contribution in [2.45, 2.75) is 45.2 Å². The van der Waals surface area contributed by atoms with E-state index in [-0.39, 0.29) is 23.4 Å². The highest BCUT2D eigenvalue weighted by Crippen LogP contribution is 2.27. The van der Waals surface area contributed by atoms with Crippen LogP contribution in [-0.2, 0) is 11.3 Å². The number of hydrogen-bond donors (Lipinski definition) is 1. The summed E-state index contributed by atoms with van der Waals surface area (Å²) in [5, 5.41) is 8.55. The second-order valence-corrected chi connectivity index (χ2v) is 10.1. The van der Waals surface area contributed by atoms with Crippen LogP contribution < -0.4 is 15.8 Å². The minimum absolute atomic E-state index is 0.0560. The number of rotatable bonds is 5. The van der Waals surface area contributed by atoms with E-state index in [2.05, 4.69) is 49.5 Å². The number of nitrogens with one attached hydrogen (secondary N) is 1. The summed E-state index contributed by atoms with van der Waals surface area (Å²) in [6.07, 6.45) is 3.80. The Morgan fingerprint density at radius 3 is 2.73 bits per heavy atom. The Morgan fingerprint density at radius 2 is 1.94 bits per heavy atom. The normalized spacial score (nSPS) is 20.3. The van der Waals surface area contributed by atoms with E-state index in [1.165, 1.54) is 27.5 Å². The molecule has 1 amide bonds. The van der Waals surface area contributed by atoms with Crippen LogP contribution >= 0.6 is 11.3 Å². The zero-order chi connectivity index (χ0) is 22.8. The average Bonchev–Trinajstić information content (AvgIpc) is 3.26. The first kappa shape index (κ1) is 22.0. The molecule has 0 radical (unpaired) electrons. The van der Waals surface area contributed by atoms with Crippen molar-refractivity contribution in [3.8, 4) is 0 Å². The topological polar surface area (TPSA) is 82.8 Å². The third-order valence-corrected chi connectivity index (χ3v) is 7.58. The molecule has 4 heterocycles. The number of aryl methyl sites for hydroxylation is 1. The van der Waals surface area contributed by atoms with Crippen molar-refractivity contribution in [2.24, 2.45) is 5.92 Å². The first-order chi connectivity index (χ1) is 16.0. The smallest absolute Gasteiger partial charge is 0.275 e. The van der Waals surface area contributed by atoms with E-state index >= 15 is 0 Å². The van der Waals surface area contributed by atoms with Gasteiger partial charge >= 0.3 is 0 Å². The van der Waals surface area contributed by atoms with Crippen molar-refractivity contribution in [3.05, 3.63) is 58.0 Å². The van der Waals surface area contributed by atoms with Crippen LogP contribution in [0.25, 0.3) is 4.96 Å². The van der Waals surface area contributed by atoms with Gasteiger partial charge in [0, 0.05) is 50.5 Å². The van der Waals surface area contributed by atoms with Crippen LogP contribution in [0.1, 0.15) is 36.9 Å². The number of likely N-dealkylation sites (tertiary alicyclic amines) is 1. The van der Waals surface area contributed by atoms with Crippen LogP contribution in [0.5, 0.6) is 0 Å². The van der Waals surface area contributed by atoms with Crippen molar-refractivity contribution in [1.82, 2.24) is 24.8 Å². The van der Waals surface area contributed by atoms with Gasteiger partial charge in [0.15, 0.2) is 0 Å². The van der Waals surface area contributed by atoms with Gasteiger partial charge in [-0.1, -0.05) is 41.7 Å². The van der Waals surface area contributed by atoms with Gasteiger partial charge in [0.05, 0.1) is 5.92 Å². The molecule has 3 aromatic rings. The highest BCUT2D eigenvalue weighted by atomic mass is 32.1. The van der Waals surface area contributed by atoms with E-state index < -0.39 is 0 Å². The van der Waals surface area contributed by atoms with E-state index in [4.69, 9.17) is 0 Å². The molecule has 2 saturated heterocycles. The summed E-state index contributed by atoms with van der Waals surface area (Å²) in [5.74, 6) is 0.0907. The summed E-state index contributed by atoms with van der Waals surface area (Å²) >= 11 is 1.41. The summed E-state index contributed by atoms with van der Waals surface area (Å²) in [6, 6.07) is 12.3. The molecule has 2 aromatic heterocycles. The maximum atomic E-state index is 13.1. The first-order valence-electron chi connectivity index (χ1n) is 11.7. The van der Waals surface area contributed by atoms with E-state index in [0.717, 1.165) is 57.0 Å². The molecule has 2 aliphatic rings. The number of amides is 1. The molecular formula is C24H30N6O2S. The molecule has 0 saturated carbocycles. The van der Waals surface area contributed by atoms with Crippen molar-refractivity contribution in [1.29, 1.82) is 0 Å². The second kappa shape index (κ2) is 9.61. The summed E-state index contributed by atoms with van der Waals surface area (Å²) < 4.78 is 1.36. The number of hydrogen-bond acceptors (Lipinski definition) is 7. The second-order valence-electron chi connectivity index (χ2n) is 9.14. The van der Waals surface area contributed by atoms with Crippen molar-refractivity contribution >= 4 is 27.3 Å². The van der Waals surface area contributed by atoms with Gasteiger partial charge < -0.3 is 10.2 Å². The molecule has 2 aliphatic heterocycles. The fraction of sp³-hybridized carbons (Fsp3) is 0.500. The molecule has 9 heteroatoms. The molecule has 33 heavy (non-hydrogen) atoms. The average molecular weight is 467 g/mol. The number of aromatic nitrogens is 3. The minimum atomic E-state index is -0.162. The van der Waals surface area contributed by atoms with Crippen molar-refractivity contribution in [2.75, 3.05) is 31.1 Å². The van der Waals surface area contributed by atoms with Crippen LogP contribution in [0.3, 0.4) is 0 Å². The Morgan fingerprint density at radius 1 is 1.15 bits per heavy atom. The summed E-state index contributed by atoms with van der Waals surface area (Å²) in [5.41, 5.74) is 1.87. The standard InChI is InChI=1S/C24H30N6O2S/c1-17-14-21(31)30-23(25-17)33-24(27-30)29-11-5-8-19(16-29)22(32)26-20-9-12-28(13-10-20)15-18-6-3-2-4-7-18/h2-4,6-7,14,19-20H,5,8-13,15-16H2,1H3,(H,26,32)/t19-/m1/s1. The van der Waals surface area contributed by atoms with Gasteiger partial charge in [0.1, 0.15) is 0 Å². The maximum Gasteiger partial charge on any atom is 0.275 e. The van der Waals surface area contributed by atoms with Gasteiger partial charge in [0.2, 0.25) is 16.0 Å². The van der Waals surface area contributed by atoms with Gasteiger partial charge in [-0.05, 0) is 38.2 Å². The third-order valence-electron chi connectivity index (χ3n) is 6.61. The largest absolute Gasteiger partial charge is 0.353 e. The Balaban J connectivity index is 1.16. The summed E-state index contributed by atoms with van der Waals surface area (Å²) in [6.45, 7) is 6.27. The summed E-state index contributed by atoms with van der Waals surface area (Å²) in [4.78, 5) is 34.9. The van der Waals surface area contributed by atoms with Gasteiger partial charge in [-0.2, -0.15) is 4.52 Å². The van der Waals surface area contributed by atoms with Gasteiger partial charge in [0.25, 0.3) is 5.56 Å². The lowest BCUT2D eigenvalue weighted by molar-refractivity contribution is -0.126. The molecule has 0 aliphatic carbocycles. The predicted molar refractivity (Wildman–Crippen MR) is 130 cm³/mol. The number of nitrogens with zero attached hydrogens (tertiary/aromatic N) is 5. The lowest BCUT2D eigenvalue weighted by Crippen LogP contribution is -2.49. The van der Waals surface area contributed by atoms with Crippen molar-refractivity contribution < 1.29 is 4.79 Å². The van der Waals surface area contributed by atoms with E-state index in [9.17, 15) is 9.59 Å². The molecule has 1 N–H and O–H groups in total. The highest BCUT2D eigenvalue weighted by molar-refractivity contribution is 7.20. The van der Waals surface area contributed by atoms with Gasteiger partial charge in [-0.15, -0.1) is 5.10 Å². The number of fused-ring (bicyclic) bond motifs is 1. The molecule has 1 aromatic carbocycles. The van der Waals surface area contributed by atoms with Gasteiger partial charge in [-0.3, -0.25) is 14.5 Å². The van der Waals surface area contributed by atoms with Gasteiger partial charge in [-0.25, -0.2) is 4.98 Å². The Hall–Kier alpha value is -2.78. The fourth-order valence-corrected chi connectivity index (χ4v) is 5.79. The maximum absolute atomic E-state index is 13.1. The number of piperidine rings is 2. The molecule has 5 rings (SSSR count). The number of carbonyl (C=O) groups is 1. The molecule has 2 fully saturated rings. The van der Waals surface area contributed by atoms with Crippen molar-refractivity contribution in [3.63, 3.8) is 0 Å². The van der Waals surface area contributed by atoms with Crippen LogP contribution in [0.2, 0.25) is 0 Å². The summed E-state index contributed by atoms with van der Waals surface area (Å²) in [7, 11) is 0. The monoisotopic (exact) mass is 466 g/mol. The fourth-order valence-electron chi connectivity index (χ4n) is 4.80. The molecule has 8 nitrogen and oxygen atoms in total. The quantitative estimate of drug-likeness (QED) is 0.622.